The molecule has 0 aromatic heterocycles. The van der Waals surface area contributed by atoms with E-state index in [2.05, 4.69) is 123 Å². The molecule has 4 aromatic carbocycles. The van der Waals surface area contributed by atoms with Crippen LogP contribution < -0.4 is 0 Å². The van der Waals surface area contributed by atoms with E-state index >= 15 is 0 Å². The minimum Gasteiger partial charge on any atom is -0.0723 e. The zero-order valence-electron chi connectivity index (χ0n) is 20.9. The molecule has 2 aliphatic rings. The number of hydrogen-bond acceptors (Lipinski definition) is 0. The third-order valence-corrected chi connectivity index (χ3v) is 8.80. The molecule has 0 amide bonds. The lowest BCUT2D eigenvalue weighted by atomic mass is 9.68. The van der Waals surface area contributed by atoms with E-state index in [1.165, 1.54) is 51.8 Å². The monoisotopic (exact) mass is 454 g/mol. The molecule has 1 atom stereocenters. The summed E-state index contributed by atoms with van der Waals surface area (Å²) >= 11 is 0. The van der Waals surface area contributed by atoms with Crippen LogP contribution in [0.3, 0.4) is 0 Å². The summed E-state index contributed by atoms with van der Waals surface area (Å²) in [5, 5.41) is 0. The summed E-state index contributed by atoms with van der Waals surface area (Å²) in [6.45, 7) is 4.72. The van der Waals surface area contributed by atoms with Crippen molar-refractivity contribution in [2.75, 3.05) is 0 Å². The Morgan fingerprint density at radius 1 is 0.543 bits per heavy atom. The standard InChI is InChI=1S/C35H34/c1-3-35(4-2,26-14-6-5-7-15-26)34-24-25(27-16-8-13-21-33(27)34)22-23-32-30-19-11-9-17-28(30)29-18-10-12-20-31(29)32/h5-21,24-25,32H,3-4,22-23H2,1-2H3. The van der Waals surface area contributed by atoms with E-state index in [-0.39, 0.29) is 5.41 Å². The Morgan fingerprint density at radius 2 is 1.06 bits per heavy atom. The van der Waals surface area contributed by atoms with E-state index in [9.17, 15) is 0 Å². The zero-order chi connectivity index (χ0) is 23.8. The van der Waals surface area contributed by atoms with Crippen molar-refractivity contribution in [2.45, 2.75) is 56.8 Å². The summed E-state index contributed by atoms with van der Waals surface area (Å²) in [5.41, 5.74) is 11.9. The topological polar surface area (TPSA) is 0 Å². The first kappa shape index (κ1) is 22.1. The molecule has 0 aliphatic heterocycles. The lowest BCUT2D eigenvalue weighted by molar-refractivity contribution is 0.515. The highest BCUT2D eigenvalue weighted by Gasteiger charge is 2.38. The summed E-state index contributed by atoms with van der Waals surface area (Å²) in [4.78, 5) is 0. The molecular formula is C35H34. The second-order valence-corrected chi connectivity index (χ2v) is 10.2. The summed E-state index contributed by atoms with van der Waals surface area (Å²) in [6.07, 6.45) is 7.21. The molecule has 0 nitrogen and oxygen atoms in total. The summed E-state index contributed by atoms with van der Waals surface area (Å²) in [6, 6.07) is 38.4. The van der Waals surface area contributed by atoms with Gasteiger partial charge < -0.3 is 0 Å². The van der Waals surface area contributed by atoms with Gasteiger partial charge in [0.2, 0.25) is 0 Å². The van der Waals surface area contributed by atoms with Gasteiger partial charge in [-0.2, -0.15) is 0 Å². The van der Waals surface area contributed by atoms with E-state index < -0.39 is 0 Å². The van der Waals surface area contributed by atoms with Crippen LogP contribution in [0.1, 0.15) is 79.2 Å². The van der Waals surface area contributed by atoms with Crippen LogP contribution in [0, 0.1) is 0 Å². The fraction of sp³-hybridized carbons (Fsp3) is 0.257. The van der Waals surface area contributed by atoms with Crippen molar-refractivity contribution in [3.8, 4) is 11.1 Å². The molecule has 0 saturated heterocycles. The van der Waals surface area contributed by atoms with E-state index in [0.29, 0.717) is 11.8 Å². The van der Waals surface area contributed by atoms with E-state index in [1.54, 1.807) is 5.57 Å². The quantitative estimate of drug-likeness (QED) is 0.261. The first-order valence-electron chi connectivity index (χ1n) is 13.3. The van der Waals surface area contributed by atoms with Gasteiger partial charge in [0.25, 0.3) is 0 Å². The van der Waals surface area contributed by atoms with E-state index in [4.69, 9.17) is 0 Å². The lowest BCUT2D eigenvalue weighted by Crippen LogP contribution is -2.25. The number of benzene rings is 4. The summed E-state index contributed by atoms with van der Waals surface area (Å²) in [7, 11) is 0. The Hall–Kier alpha value is -3.38. The number of allylic oxidation sites excluding steroid dienone is 2. The number of hydrogen-bond donors (Lipinski definition) is 0. The van der Waals surface area contributed by atoms with Crippen LogP contribution in [0.5, 0.6) is 0 Å². The second kappa shape index (κ2) is 9.00. The average Bonchev–Trinajstić information content (AvgIpc) is 3.46. The van der Waals surface area contributed by atoms with Gasteiger partial charge in [0.1, 0.15) is 0 Å². The van der Waals surface area contributed by atoms with Gasteiger partial charge in [0.05, 0.1) is 0 Å². The van der Waals surface area contributed by atoms with Gasteiger partial charge in [0, 0.05) is 17.3 Å². The maximum atomic E-state index is 2.64. The summed E-state index contributed by atoms with van der Waals surface area (Å²) < 4.78 is 0. The highest BCUT2D eigenvalue weighted by molar-refractivity contribution is 5.82. The molecule has 0 heterocycles. The largest absolute Gasteiger partial charge is 0.0723 e. The van der Waals surface area contributed by atoms with Gasteiger partial charge in [-0.25, -0.2) is 0 Å². The Balaban J connectivity index is 1.37. The molecule has 0 fully saturated rings. The first-order valence-corrected chi connectivity index (χ1v) is 13.3. The highest BCUT2D eigenvalue weighted by atomic mass is 14.4. The van der Waals surface area contributed by atoms with Crippen LogP contribution in [0.4, 0.5) is 0 Å². The van der Waals surface area contributed by atoms with Crippen molar-refractivity contribution in [1.82, 2.24) is 0 Å². The van der Waals surface area contributed by atoms with Crippen LogP contribution in [-0.2, 0) is 5.41 Å². The molecule has 0 radical (unpaired) electrons. The van der Waals surface area contributed by atoms with Crippen molar-refractivity contribution >= 4 is 5.57 Å². The molecule has 6 rings (SSSR count). The zero-order valence-corrected chi connectivity index (χ0v) is 20.9. The fourth-order valence-corrected chi connectivity index (χ4v) is 6.97. The Morgan fingerprint density at radius 3 is 1.66 bits per heavy atom. The predicted molar refractivity (Wildman–Crippen MR) is 149 cm³/mol. The molecular weight excluding hydrogens is 420 g/mol. The normalized spacial score (nSPS) is 16.5. The van der Waals surface area contributed by atoms with Crippen molar-refractivity contribution in [1.29, 1.82) is 0 Å². The van der Waals surface area contributed by atoms with Gasteiger partial charge in [-0.3, -0.25) is 0 Å². The number of fused-ring (bicyclic) bond motifs is 4. The smallest absolute Gasteiger partial charge is 0.0200 e. The molecule has 174 valence electrons. The maximum Gasteiger partial charge on any atom is 0.0200 e. The van der Waals surface area contributed by atoms with Crippen molar-refractivity contribution in [2.24, 2.45) is 0 Å². The molecule has 0 saturated carbocycles. The molecule has 0 bridgehead atoms. The minimum atomic E-state index is 0.0681. The second-order valence-electron chi connectivity index (χ2n) is 10.2. The molecule has 0 heteroatoms. The minimum absolute atomic E-state index is 0.0681. The van der Waals surface area contributed by atoms with Gasteiger partial charge >= 0.3 is 0 Å². The SMILES string of the molecule is CCC(CC)(C1=CC(CCC2c3ccccc3-c3ccccc32)c2ccccc21)c1ccccc1. The van der Waals surface area contributed by atoms with Gasteiger partial charge in [0.15, 0.2) is 0 Å². The van der Waals surface area contributed by atoms with Crippen molar-refractivity contribution in [3.63, 3.8) is 0 Å². The predicted octanol–water partition coefficient (Wildman–Crippen LogP) is 9.52. The average molecular weight is 455 g/mol. The highest BCUT2D eigenvalue weighted by Crippen LogP contribution is 2.53. The molecule has 4 aromatic rings. The molecule has 0 N–H and O–H groups in total. The maximum absolute atomic E-state index is 2.64. The van der Waals surface area contributed by atoms with Crippen LogP contribution >= 0.6 is 0 Å². The molecule has 1 unspecified atom stereocenters. The van der Waals surface area contributed by atoms with Gasteiger partial charge in [-0.15, -0.1) is 0 Å². The van der Waals surface area contributed by atoms with E-state index in [1.807, 2.05) is 0 Å². The van der Waals surface area contributed by atoms with E-state index in [0.717, 1.165) is 12.8 Å². The van der Waals surface area contributed by atoms with Gasteiger partial charge in [-0.1, -0.05) is 123 Å². The number of rotatable bonds is 7. The Bertz CT molecular complexity index is 1320. The molecule has 2 aliphatic carbocycles. The van der Waals surface area contributed by atoms with Crippen LogP contribution in [0.15, 0.2) is 109 Å². The summed E-state index contributed by atoms with van der Waals surface area (Å²) in [5.74, 6) is 0.963. The molecule has 35 heavy (non-hydrogen) atoms. The van der Waals surface area contributed by atoms with Crippen LogP contribution in [0.2, 0.25) is 0 Å². The van der Waals surface area contributed by atoms with Crippen LogP contribution in [0.25, 0.3) is 16.7 Å². The fourth-order valence-electron chi connectivity index (χ4n) is 6.97. The Kier molecular flexibility index (Phi) is 5.69. The molecule has 0 spiro atoms. The Labute approximate surface area is 210 Å². The van der Waals surface area contributed by atoms with Crippen LogP contribution in [-0.4, -0.2) is 0 Å². The third-order valence-electron chi connectivity index (χ3n) is 8.80. The lowest BCUT2D eigenvalue weighted by Gasteiger charge is -2.35. The first-order chi connectivity index (χ1) is 17.3. The van der Waals surface area contributed by atoms with Crippen molar-refractivity contribution in [3.05, 3.63) is 137 Å². The van der Waals surface area contributed by atoms with Crippen molar-refractivity contribution < 1.29 is 0 Å². The van der Waals surface area contributed by atoms with Gasteiger partial charge in [-0.05, 0) is 70.2 Å². The third kappa shape index (κ3) is 3.50.